The molecule has 136 valence electrons. The van der Waals surface area contributed by atoms with Gasteiger partial charge in [0.05, 0.1) is 7.11 Å². The highest BCUT2D eigenvalue weighted by molar-refractivity contribution is 7.13. The molecule has 4 nitrogen and oxygen atoms in total. The molecule has 3 aromatic rings. The summed E-state index contributed by atoms with van der Waals surface area (Å²) in [5.41, 5.74) is 1.71. The van der Waals surface area contributed by atoms with E-state index in [0.29, 0.717) is 33.1 Å². The summed E-state index contributed by atoms with van der Waals surface area (Å²) < 4.78 is 11.3. The van der Waals surface area contributed by atoms with E-state index in [1.807, 2.05) is 17.5 Å². The Bertz CT molecular complexity index is 888. The molecular formula is C18H15Cl3N2O2S. The van der Waals surface area contributed by atoms with Crippen LogP contribution in [-0.4, -0.2) is 12.1 Å². The second-order valence-electron chi connectivity index (χ2n) is 5.31. The molecule has 1 heterocycles. The molecule has 0 fully saturated rings. The van der Waals surface area contributed by atoms with Crippen molar-refractivity contribution in [2.24, 2.45) is 0 Å². The van der Waals surface area contributed by atoms with Crippen LogP contribution in [0.5, 0.6) is 11.5 Å². The lowest BCUT2D eigenvalue weighted by molar-refractivity contribution is 0.284. The van der Waals surface area contributed by atoms with Gasteiger partial charge in [-0.15, -0.1) is 11.3 Å². The summed E-state index contributed by atoms with van der Waals surface area (Å²) in [6.45, 7) is 0.811. The second kappa shape index (κ2) is 8.82. The Morgan fingerprint density at radius 2 is 1.85 bits per heavy atom. The third kappa shape index (κ3) is 4.74. The topological polar surface area (TPSA) is 43.4 Å². The number of ether oxygens (including phenoxy) is 2. The molecule has 0 aliphatic carbocycles. The molecule has 0 radical (unpaired) electrons. The standard InChI is InChI=1S/C18H15Cl3N2O2S/c1-24-16-6-12(9-23-18-22-4-5-26-18)15(21)8-17(16)25-10-11-2-3-13(19)7-14(11)20/h2-8H,9-10H2,1H3,(H,22,23). The van der Waals surface area contributed by atoms with Gasteiger partial charge in [0.2, 0.25) is 0 Å². The Balaban J connectivity index is 1.73. The maximum Gasteiger partial charge on any atom is 0.182 e. The van der Waals surface area contributed by atoms with Crippen LogP contribution in [0.15, 0.2) is 41.9 Å². The van der Waals surface area contributed by atoms with Crippen LogP contribution < -0.4 is 14.8 Å². The molecule has 0 saturated heterocycles. The number of halogens is 3. The van der Waals surface area contributed by atoms with Crippen molar-refractivity contribution in [2.75, 3.05) is 12.4 Å². The molecule has 1 aromatic heterocycles. The van der Waals surface area contributed by atoms with E-state index < -0.39 is 0 Å². The minimum absolute atomic E-state index is 0.277. The number of hydrogen-bond donors (Lipinski definition) is 1. The first-order chi connectivity index (χ1) is 12.6. The molecule has 0 amide bonds. The average molecular weight is 430 g/mol. The van der Waals surface area contributed by atoms with Crippen LogP contribution in [0.4, 0.5) is 5.13 Å². The molecule has 2 aromatic carbocycles. The lowest BCUT2D eigenvalue weighted by Gasteiger charge is -2.14. The maximum atomic E-state index is 6.40. The van der Waals surface area contributed by atoms with Gasteiger partial charge in [-0.3, -0.25) is 0 Å². The Kier molecular flexibility index (Phi) is 6.48. The summed E-state index contributed by atoms with van der Waals surface area (Å²) in [5.74, 6) is 1.14. The van der Waals surface area contributed by atoms with Crippen molar-refractivity contribution in [1.82, 2.24) is 4.98 Å². The van der Waals surface area contributed by atoms with Crippen molar-refractivity contribution in [1.29, 1.82) is 0 Å². The van der Waals surface area contributed by atoms with Crippen molar-refractivity contribution in [3.05, 3.63) is 68.1 Å². The van der Waals surface area contributed by atoms with Crippen molar-refractivity contribution in [3.8, 4) is 11.5 Å². The number of nitrogens with zero attached hydrogens (tertiary/aromatic N) is 1. The van der Waals surface area contributed by atoms with E-state index in [4.69, 9.17) is 44.3 Å². The number of benzene rings is 2. The molecule has 0 atom stereocenters. The van der Waals surface area contributed by atoms with Crippen molar-refractivity contribution < 1.29 is 9.47 Å². The monoisotopic (exact) mass is 428 g/mol. The van der Waals surface area contributed by atoms with E-state index >= 15 is 0 Å². The lowest BCUT2D eigenvalue weighted by atomic mass is 10.2. The van der Waals surface area contributed by atoms with Gasteiger partial charge in [-0.1, -0.05) is 40.9 Å². The molecule has 0 bridgehead atoms. The predicted octanol–water partition coefficient (Wildman–Crippen LogP) is 6.30. The minimum atomic E-state index is 0.277. The normalized spacial score (nSPS) is 10.6. The predicted molar refractivity (Wildman–Crippen MR) is 108 cm³/mol. The van der Waals surface area contributed by atoms with Gasteiger partial charge in [-0.2, -0.15) is 0 Å². The Hall–Kier alpha value is -1.66. The van der Waals surface area contributed by atoms with E-state index in [-0.39, 0.29) is 6.61 Å². The van der Waals surface area contributed by atoms with Crippen LogP contribution in [0.1, 0.15) is 11.1 Å². The number of anilines is 1. The Morgan fingerprint density at radius 3 is 2.54 bits per heavy atom. The fourth-order valence-electron chi connectivity index (χ4n) is 2.26. The summed E-state index contributed by atoms with van der Waals surface area (Å²) in [5, 5.41) is 7.66. The summed E-state index contributed by atoms with van der Waals surface area (Å²) in [7, 11) is 1.59. The highest BCUT2D eigenvalue weighted by Crippen LogP contribution is 2.35. The summed E-state index contributed by atoms with van der Waals surface area (Å²) >= 11 is 20.0. The summed E-state index contributed by atoms with van der Waals surface area (Å²) in [6, 6.07) is 8.86. The van der Waals surface area contributed by atoms with Crippen LogP contribution >= 0.6 is 46.1 Å². The van der Waals surface area contributed by atoms with E-state index in [0.717, 1.165) is 16.3 Å². The Morgan fingerprint density at radius 1 is 1.04 bits per heavy atom. The lowest BCUT2D eigenvalue weighted by Crippen LogP contribution is -2.03. The third-order valence-electron chi connectivity index (χ3n) is 3.59. The molecule has 1 N–H and O–H groups in total. The maximum absolute atomic E-state index is 6.40. The minimum Gasteiger partial charge on any atom is -0.493 e. The van der Waals surface area contributed by atoms with Crippen molar-refractivity contribution in [2.45, 2.75) is 13.2 Å². The van der Waals surface area contributed by atoms with Gasteiger partial charge in [0.15, 0.2) is 16.6 Å². The second-order valence-corrected chi connectivity index (χ2v) is 7.46. The number of rotatable bonds is 7. The molecule has 0 spiro atoms. The zero-order valence-corrected chi connectivity index (χ0v) is 16.8. The first-order valence-corrected chi connectivity index (χ1v) is 9.64. The molecule has 3 rings (SSSR count). The van der Waals surface area contributed by atoms with Gasteiger partial charge in [0.25, 0.3) is 0 Å². The molecular weight excluding hydrogens is 415 g/mol. The van der Waals surface area contributed by atoms with Crippen LogP contribution in [0.3, 0.4) is 0 Å². The number of nitrogens with one attached hydrogen (secondary N) is 1. The number of thiazole rings is 1. The third-order valence-corrected chi connectivity index (χ3v) is 5.26. The largest absolute Gasteiger partial charge is 0.493 e. The van der Waals surface area contributed by atoms with Gasteiger partial charge in [0, 0.05) is 44.8 Å². The first kappa shape index (κ1) is 19.1. The number of hydrogen-bond acceptors (Lipinski definition) is 5. The van der Waals surface area contributed by atoms with Gasteiger partial charge in [0.1, 0.15) is 6.61 Å². The van der Waals surface area contributed by atoms with Gasteiger partial charge in [-0.05, 0) is 23.8 Å². The molecule has 8 heteroatoms. The fraction of sp³-hybridized carbons (Fsp3) is 0.167. The molecule has 0 saturated carbocycles. The van der Waals surface area contributed by atoms with Gasteiger partial charge in [-0.25, -0.2) is 4.98 Å². The van der Waals surface area contributed by atoms with Gasteiger partial charge >= 0.3 is 0 Å². The smallest absolute Gasteiger partial charge is 0.182 e. The van der Waals surface area contributed by atoms with E-state index in [9.17, 15) is 0 Å². The van der Waals surface area contributed by atoms with Crippen LogP contribution in [0.25, 0.3) is 0 Å². The highest BCUT2D eigenvalue weighted by atomic mass is 35.5. The Labute approximate surface area is 170 Å². The molecule has 26 heavy (non-hydrogen) atoms. The number of aromatic nitrogens is 1. The van der Waals surface area contributed by atoms with Crippen molar-refractivity contribution >= 4 is 51.3 Å². The zero-order valence-electron chi connectivity index (χ0n) is 13.8. The van der Waals surface area contributed by atoms with Crippen LogP contribution in [0, 0.1) is 0 Å². The van der Waals surface area contributed by atoms with Crippen LogP contribution in [-0.2, 0) is 13.2 Å². The average Bonchev–Trinajstić information content (AvgIpc) is 3.13. The number of methoxy groups -OCH3 is 1. The SMILES string of the molecule is COc1cc(CNc2nccs2)c(Cl)cc1OCc1ccc(Cl)cc1Cl. The van der Waals surface area contributed by atoms with Crippen LogP contribution in [0.2, 0.25) is 15.1 Å². The quantitative estimate of drug-likeness (QED) is 0.478. The fourth-order valence-corrected chi connectivity index (χ4v) is 3.47. The highest BCUT2D eigenvalue weighted by Gasteiger charge is 2.12. The molecule has 0 aliphatic heterocycles. The molecule has 0 unspecified atom stereocenters. The van der Waals surface area contributed by atoms with E-state index in [1.54, 1.807) is 31.5 Å². The van der Waals surface area contributed by atoms with Gasteiger partial charge < -0.3 is 14.8 Å². The summed E-state index contributed by atoms with van der Waals surface area (Å²) in [6.07, 6.45) is 1.74. The zero-order chi connectivity index (χ0) is 18.5. The van der Waals surface area contributed by atoms with E-state index in [2.05, 4.69) is 10.3 Å². The first-order valence-electron chi connectivity index (χ1n) is 7.63. The van der Waals surface area contributed by atoms with Crippen molar-refractivity contribution in [3.63, 3.8) is 0 Å². The summed E-state index contributed by atoms with van der Waals surface area (Å²) in [4.78, 5) is 4.19. The van der Waals surface area contributed by atoms with E-state index in [1.165, 1.54) is 11.3 Å². The molecule has 0 aliphatic rings.